The number of ether oxygens (including phenoxy) is 3. The lowest BCUT2D eigenvalue weighted by molar-refractivity contribution is -0.167. The van der Waals surface area contributed by atoms with Gasteiger partial charge >= 0.3 is 17.9 Å². The van der Waals surface area contributed by atoms with E-state index in [9.17, 15) is 14.4 Å². The van der Waals surface area contributed by atoms with Gasteiger partial charge in [0.2, 0.25) is 0 Å². The molecule has 68 heavy (non-hydrogen) atoms. The number of carbonyl (C=O) groups is 3. The quantitative estimate of drug-likeness (QED) is 0.0262. The first-order valence-corrected chi connectivity index (χ1v) is 30.7. The molecule has 0 aliphatic carbocycles. The van der Waals surface area contributed by atoms with Crippen LogP contribution in [0.4, 0.5) is 0 Å². The monoisotopic (exact) mass is 959 g/mol. The lowest BCUT2D eigenvalue weighted by atomic mass is 10.0. The maximum Gasteiger partial charge on any atom is 0.306 e. The normalized spacial score (nSPS) is 12.0. The maximum atomic E-state index is 12.8. The van der Waals surface area contributed by atoms with Gasteiger partial charge < -0.3 is 14.2 Å². The molecule has 0 aliphatic heterocycles. The Bertz CT molecular complexity index is 1060. The number of allylic oxidation sites excluding steroid dienone is 2. The molecule has 0 bridgehead atoms. The van der Waals surface area contributed by atoms with Gasteiger partial charge in [-0.3, -0.25) is 14.4 Å². The van der Waals surface area contributed by atoms with E-state index in [1.807, 2.05) is 0 Å². The van der Waals surface area contributed by atoms with Gasteiger partial charge in [0.15, 0.2) is 6.10 Å². The van der Waals surface area contributed by atoms with Crippen LogP contribution in [0.15, 0.2) is 12.2 Å². The zero-order valence-corrected chi connectivity index (χ0v) is 46.2. The molecule has 402 valence electrons. The van der Waals surface area contributed by atoms with Crippen molar-refractivity contribution in [3.8, 4) is 0 Å². The van der Waals surface area contributed by atoms with Gasteiger partial charge in [-0.1, -0.05) is 296 Å². The van der Waals surface area contributed by atoms with Crippen molar-refractivity contribution in [3.05, 3.63) is 12.2 Å². The van der Waals surface area contributed by atoms with E-state index in [1.165, 1.54) is 250 Å². The summed E-state index contributed by atoms with van der Waals surface area (Å²) >= 11 is 0. The molecule has 0 rings (SSSR count). The van der Waals surface area contributed by atoms with Gasteiger partial charge in [0.25, 0.3) is 0 Å². The second kappa shape index (κ2) is 57.7. The highest BCUT2D eigenvalue weighted by atomic mass is 16.6. The molecule has 6 heteroatoms. The van der Waals surface area contributed by atoms with E-state index in [1.54, 1.807) is 0 Å². The van der Waals surface area contributed by atoms with Gasteiger partial charge in [0.1, 0.15) is 13.2 Å². The zero-order chi connectivity index (χ0) is 49.3. The lowest BCUT2D eigenvalue weighted by Gasteiger charge is -2.18. The molecule has 0 aliphatic rings. The van der Waals surface area contributed by atoms with Crippen LogP contribution in [0, 0.1) is 0 Å². The minimum atomic E-state index is -0.766. The molecule has 0 unspecified atom stereocenters. The van der Waals surface area contributed by atoms with Crippen LogP contribution in [0.3, 0.4) is 0 Å². The highest BCUT2D eigenvalue weighted by Crippen LogP contribution is 2.18. The van der Waals surface area contributed by atoms with Crippen LogP contribution >= 0.6 is 0 Å². The third kappa shape index (κ3) is 55.1. The van der Waals surface area contributed by atoms with Crippen LogP contribution in [-0.2, 0) is 28.6 Å². The SMILES string of the molecule is CCCCCCCC/C=C\CCCCCCCCCC(=O)OC[C@H](COC(=O)CCCCCCCCCCCCCCCCCCCCCCC)OC(=O)CCCCCCCCCCCCCC. The highest BCUT2D eigenvalue weighted by Gasteiger charge is 2.19. The van der Waals surface area contributed by atoms with Crippen molar-refractivity contribution in [1.82, 2.24) is 0 Å². The van der Waals surface area contributed by atoms with Gasteiger partial charge in [-0.2, -0.15) is 0 Å². The fourth-order valence-corrected chi connectivity index (χ4v) is 9.38. The summed E-state index contributed by atoms with van der Waals surface area (Å²) < 4.78 is 16.9. The van der Waals surface area contributed by atoms with Crippen LogP contribution in [0.25, 0.3) is 0 Å². The number of hydrogen-bond acceptors (Lipinski definition) is 6. The molecule has 0 heterocycles. The van der Waals surface area contributed by atoms with Gasteiger partial charge in [-0.25, -0.2) is 0 Å². The number of esters is 3. The second-order valence-electron chi connectivity index (χ2n) is 21.0. The Morgan fingerprint density at radius 1 is 0.279 bits per heavy atom. The Hall–Kier alpha value is -1.85. The Kier molecular flexibility index (Phi) is 56.2. The predicted molar refractivity (Wildman–Crippen MR) is 293 cm³/mol. The third-order valence-corrected chi connectivity index (χ3v) is 14.0. The minimum absolute atomic E-state index is 0.0650. The number of rotatable bonds is 57. The molecular formula is C62H118O6. The molecule has 0 aromatic rings. The van der Waals surface area contributed by atoms with E-state index in [0.29, 0.717) is 19.3 Å². The smallest absolute Gasteiger partial charge is 0.306 e. The van der Waals surface area contributed by atoms with Crippen LogP contribution in [0.5, 0.6) is 0 Å². The average Bonchev–Trinajstić information content (AvgIpc) is 3.34. The van der Waals surface area contributed by atoms with E-state index in [0.717, 1.165) is 57.8 Å². The molecule has 0 N–H and O–H groups in total. The van der Waals surface area contributed by atoms with Gasteiger partial charge in [0.05, 0.1) is 0 Å². The maximum absolute atomic E-state index is 12.8. The first kappa shape index (κ1) is 66.2. The summed E-state index contributed by atoms with van der Waals surface area (Å²) in [7, 11) is 0. The molecule has 1 atom stereocenters. The van der Waals surface area contributed by atoms with E-state index < -0.39 is 6.10 Å². The summed E-state index contributed by atoms with van der Waals surface area (Å²) in [5.41, 5.74) is 0. The molecule has 0 aromatic heterocycles. The molecule has 0 saturated carbocycles. The van der Waals surface area contributed by atoms with Crippen molar-refractivity contribution < 1.29 is 28.6 Å². The fourth-order valence-electron chi connectivity index (χ4n) is 9.38. The molecule has 0 fully saturated rings. The summed E-state index contributed by atoms with van der Waals surface area (Å²) in [6, 6.07) is 0. The topological polar surface area (TPSA) is 78.9 Å². The van der Waals surface area contributed by atoms with E-state index in [4.69, 9.17) is 14.2 Å². The van der Waals surface area contributed by atoms with Crippen molar-refractivity contribution >= 4 is 17.9 Å². The van der Waals surface area contributed by atoms with Crippen molar-refractivity contribution in [2.45, 2.75) is 354 Å². The van der Waals surface area contributed by atoms with E-state index >= 15 is 0 Å². The van der Waals surface area contributed by atoms with Gasteiger partial charge in [0, 0.05) is 19.3 Å². The number of carbonyl (C=O) groups excluding carboxylic acids is 3. The summed E-state index contributed by atoms with van der Waals surface area (Å²) in [5.74, 6) is -0.843. The largest absolute Gasteiger partial charge is 0.462 e. The summed E-state index contributed by atoms with van der Waals surface area (Å²) in [5, 5.41) is 0. The van der Waals surface area contributed by atoms with Crippen molar-refractivity contribution in [1.29, 1.82) is 0 Å². The highest BCUT2D eigenvalue weighted by molar-refractivity contribution is 5.71. The van der Waals surface area contributed by atoms with Crippen molar-refractivity contribution in [2.75, 3.05) is 13.2 Å². The van der Waals surface area contributed by atoms with Crippen LogP contribution in [-0.4, -0.2) is 37.2 Å². The first-order valence-electron chi connectivity index (χ1n) is 30.7. The second-order valence-corrected chi connectivity index (χ2v) is 21.0. The van der Waals surface area contributed by atoms with Crippen LogP contribution in [0.2, 0.25) is 0 Å². The number of hydrogen-bond donors (Lipinski definition) is 0. The Balaban J connectivity index is 4.24. The number of unbranched alkanes of at least 4 members (excludes halogenated alkanes) is 44. The van der Waals surface area contributed by atoms with Crippen LogP contribution in [0.1, 0.15) is 348 Å². The molecule has 0 saturated heterocycles. The molecule has 0 radical (unpaired) electrons. The predicted octanol–water partition coefficient (Wildman–Crippen LogP) is 20.5. The molecule has 0 spiro atoms. The summed E-state index contributed by atoms with van der Waals surface area (Å²) in [4.78, 5) is 38.2. The Labute approximate surface area is 424 Å². The summed E-state index contributed by atoms with van der Waals surface area (Å²) in [6.45, 7) is 6.69. The molecule has 0 amide bonds. The van der Waals surface area contributed by atoms with Gasteiger partial charge in [-0.05, 0) is 44.9 Å². The summed E-state index contributed by atoms with van der Waals surface area (Å²) in [6.07, 6.45) is 66.4. The standard InChI is InChI=1S/C62H118O6/c1-4-7-10-13-16-19-22-25-27-29-30-31-32-34-36-38-41-43-46-49-52-55-61(64)67-58-59(68-62(65)56-53-50-47-44-39-24-21-18-15-12-9-6-3)57-66-60(63)54-51-48-45-42-40-37-35-33-28-26-23-20-17-14-11-8-5-2/h26,28,59H,4-25,27,29-58H2,1-3H3/b28-26-/t59-/m1/s1. The zero-order valence-electron chi connectivity index (χ0n) is 46.2. The lowest BCUT2D eigenvalue weighted by Crippen LogP contribution is -2.30. The Morgan fingerprint density at radius 2 is 0.485 bits per heavy atom. The molecule has 0 aromatic carbocycles. The van der Waals surface area contributed by atoms with Crippen molar-refractivity contribution in [3.63, 3.8) is 0 Å². The van der Waals surface area contributed by atoms with Gasteiger partial charge in [-0.15, -0.1) is 0 Å². The molecule has 6 nitrogen and oxygen atoms in total. The first-order chi connectivity index (χ1) is 33.5. The Morgan fingerprint density at radius 3 is 0.735 bits per heavy atom. The third-order valence-electron chi connectivity index (χ3n) is 14.0. The van der Waals surface area contributed by atoms with E-state index in [2.05, 4.69) is 32.9 Å². The van der Waals surface area contributed by atoms with E-state index in [-0.39, 0.29) is 31.1 Å². The van der Waals surface area contributed by atoms with Crippen molar-refractivity contribution in [2.24, 2.45) is 0 Å². The van der Waals surface area contributed by atoms with Crippen LogP contribution < -0.4 is 0 Å². The minimum Gasteiger partial charge on any atom is -0.462 e. The fraction of sp³-hybridized carbons (Fsp3) is 0.919. The molecular weight excluding hydrogens is 841 g/mol. The average molecular weight is 960 g/mol.